The van der Waals surface area contributed by atoms with E-state index in [1.54, 1.807) is 6.20 Å². The first-order valence-electron chi connectivity index (χ1n) is 5.23. The molecule has 86 valence electrons. The fourth-order valence-electron chi connectivity index (χ4n) is 1.63. The number of halogens is 2. The Hall–Kier alpha value is -1.12. The van der Waals surface area contributed by atoms with Gasteiger partial charge in [-0.3, -0.25) is 4.98 Å². The van der Waals surface area contributed by atoms with E-state index >= 15 is 0 Å². The average Bonchev–Trinajstić information content (AvgIpc) is 2.38. The van der Waals surface area contributed by atoms with Crippen molar-refractivity contribution in [2.75, 3.05) is 5.88 Å². The van der Waals surface area contributed by atoms with Gasteiger partial charge < -0.3 is 0 Å². The number of alkyl halides is 1. The molecule has 0 N–H and O–H groups in total. The highest BCUT2D eigenvalue weighted by atomic mass is 79.9. The normalized spacial score (nSPS) is 11.5. The zero-order valence-electron chi connectivity index (χ0n) is 9.11. The summed E-state index contributed by atoms with van der Waals surface area (Å²) in [6.45, 7) is 0. The van der Waals surface area contributed by atoms with E-state index < -0.39 is 0 Å². The molecule has 1 aromatic heterocycles. The van der Waals surface area contributed by atoms with Gasteiger partial charge in [0.25, 0.3) is 0 Å². The van der Waals surface area contributed by atoms with E-state index in [0.29, 0.717) is 5.88 Å². The Kier molecular flexibility index (Phi) is 4.35. The summed E-state index contributed by atoms with van der Waals surface area (Å²) in [6.07, 6.45) is 5.62. The monoisotopic (exact) mass is 307 g/mol. The number of aromatic nitrogens is 1. The van der Waals surface area contributed by atoms with Crippen molar-refractivity contribution in [3.63, 3.8) is 0 Å². The number of rotatable bonds is 3. The molecule has 17 heavy (non-hydrogen) atoms. The van der Waals surface area contributed by atoms with Crippen LogP contribution >= 0.6 is 27.5 Å². The summed E-state index contributed by atoms with van der Waals surface area (Å²) >= 11 is 9.25. The standard InChI is InChI=1S/C14H11BrClN/c15-13-5-3-11(4-6-13)14(7-8-16)12-2-1-9-17-10-12/h1-7,9-10H,8H2/b14-7-. The third kappa shape index (κ3) is 3.18. The minimum absolute atomic E-state index is 0.486. The minimum Gasteiger partial charge on any atom is -0.264 e. The molecule has 0 atom stereocenters. The molecule has 0 saturated heterocycles. The lowest BCUT2D eigenvalue weighted by Crippen LogP contribution is -1.89. The summed E-state index contributed by atoms with van der Waals surface area (Å²) < 4.78 is 1.07. The Labute approximate surface area is 114 Å². The first-order valence-corrected chi connectivity index (χ1v) is 6.56. The first-order chi connectivity index (χ1) is 8.31. The van der Waals surface area contributed by atoms with Crippen LogP contribution in [0.4, 0.5) is 0 Å². The molecule has 0 unspecified atom stereocenters. The lowest BCUT2D eigenvalue weighted by molar-refractivity contribution is 1.30. The van der Waals surface area contributed by atoms with Gasteiger partial charge in [0.15, 0.2) is 0 Å². The zero-order valence-corrected chi connectivity index (χ0v) is 11.4. The smallest absolute Gasteiger partial charge is 0.0413 e. The first kappa shape index (κ1) is 12.3. The maximum absolute atomic E-state index is 5.82. The summed E-state index contributed by atoms with van der Waals surface area (Å²) in [6, 6.07) is 12.1. The predicted octanol–water partition coefficient (Wildman–Crippen LogP) is 4.51. The quantitative estimate of drug-likeness (QED) is 0.760. The van der Waals surface area contributed by atoms with Gasteiger partial charge in [-0.25, -0.2) is 0 Å². The fourth-order valence-corrected chi connectivity index (χ4v) is 2.05. The largest absolute Gasteiger partial charge is 0.264 e. The van der Waals surface area contributed by atoms with Crippen LogP contribution in [0.3, 0.4) is 0 Å². The maximum Gasteiger partial charge on any atom is 0.0413 e. The van der Waals surface area contributed by atoms with Crippen molar-refractivity contribution in [2.24, 2.45) is 0 Å². The summed E-state index contributed by atoms with van der Waals surface area (Å²) in [4.78, 5) is 4.14. The van der Waals surface area contributed by atoms with Crippen LogP contribution in [-0.4, -0.2) is 10.9 Å². The van der Waals surface area contributed by atoms with E-state index in [9.17, 15) is 0 Å². The van der Waals surface area contributed by atoms with Crippen molar-refractivity contribution < 1.29 is 0 Å². The minimum atomic E-state index is 0.486. The molecule has 0 spiro atoms. The van der Waals surface area contributed by atoms with E-state index in [1.165, 1.54) is 0 Å². The van der Waals surface area contributed by atoms with Gasteiger partial charge in [-0.2, -0.15) is 0 Å². The van der Waals surface area contributed by atoms with Gasteiger partial charge in [0.2, 0.25) is 0 Å². The number of benzene rings is 1. The van der Waals surface area contributed by atoms with Crippen molar-refractivity contribution in [2.45, 2.75) is 0 Å². The van der Waals surface area contributed by atoms with E-state index in [1.807, 2.05) is 36.5 Å². The number of pyridine rings is 1. The SMILES string of the molecule is ClC/C=C(/c1ccc(Br)cc1)c1cccnc1. The fraction of sp³-hybridized carbons (Fsp3) is 0.0714. The van der Waals surface area contributed by atoms with Gasteiger partial charge in [0.1, 0.15) is 0 Å². The third-order valence-electron chi connectivity index (χ3n) is 2.41. The molecular weight excluding hydrogens is 298 g/mol. The van der Waals surface area contributed by atoms with Crippen LogP contribution in [0, 0.1) is 0 Å². The van der Waals surface area contributed by atoms with Gasteiger partial charge in [-0.1, -0.05) is 40.2 Å². The van der Waals surface area contributed by atoms with E-state index in [2.05, 4.69) is 33.0 Å². The number of nitrogens with zero attached hydrogens (tertiary/aromatic N) is 1. The Morgan fingerprint density at radius 3 is 2.53 bits per heavy atom. The van der Waals surface area contributed by atoms with Crippen LogP contribution in [0.5, 0.6) is 0 Å². The average molecular weight is 309 g/mol. The van der Waals surface area contributed by atoms with E-state index in [-0.39, 0.29) is 0 Å². The molecule has 0 amide bonds. The van der Waals surface area contributed by atoms with Crippen molar-refractivity contribution in [1.29, 1.82) is 0 Å². The Bertz CT molecular complexity index is 506. The molecular formula is C14H11BrClN. The maximum atomic E-state index is 5.82. The summed E-state index contributed by atoms with van der Waals surface area (Å²) in [7, 11) is 0. The van der Waals surface area contributed by atoms with Crippen molar-refractivity contribution in [1.82, 2.24) is 4.98 Å². The Morgan fingerprint density at radius 2 is 1.94 bits per heavy atom. The molecule has 2 rings (SSSR count). The van der Waals surface area contributed by atoms with Crippen LogP contribution in [0.2, 0.25) is 0 Å². The molecule has 0 aliphatic heterocycles. The van der Waals surface area contributed by atoms with E-state index in [4.69, 9.17) is 11.6 Å². The second-order valence-electron chi connectivity index (χ2n) is 3.52. The summed E-state index contributed by atoms with van der Waals surface area (Å²) in [5.74, 6) is 0.486. The molecule has 1 aromatic carbocycles. The molecule has 0 aliphatic carbocycles. The topological polar surface area (TPSA) is 12.9 Å². The lowest BCUT2D eigenvalue weighted by atomic mass is 9.99. The Balaban J connectivity index is 2.44. The van der Waals surface area contributed by atoms with Gasteiger partial charge in [0.05, 0.1) is 0 Å². The third-order valence-corrected chi connectivity index (χ3v) is 3.09. The second-order valence-corrected chi connectivity index (χ2v) is 4.74. The summed E-state index contributed by atoms with van der Waals surface area (Å²) in [5, 5.41) is 0. The summed E-state index contributed by atoms with van der Waals surface area (Å²) in [5.41, 5.74) is 3.33. The van der Waals surface area contributed by atoms with Crippen LogP contribution in [0.15, 0.2) is 59.3 Å². The number of allylic oxidation sites excluding steroid dienone is 1. The van der Waals surface area contributed by atoms with Gasteiger partial charge in [-0.15, -0.1) is 11.6 Å². The van der Waals surface area contributed by atoms with Crippen molar-refractivity contribution in [3.05, 3.63) is 70.5 Å². The molecule has 1 heterocycles. The van der Waals surface area contributed by atoms with Crippen molar-refractivity contribution in [3.8, 4) is 0 Å². The van der Waals surface area contributed by atoms with Crippen LogP contribution < -0.4 is 0 Å². The van der Waals surface area contributed by atoms with Crippen LogP contribution in [0.1, 0.15) is 11.1 Å². The molecule has 1 nitrogen and oxygen atoms in total. The van der Waals surface area contributed by atoms with Crippen LogP contribution in [-0.2, 0) is 0 Å². The molecule has 0 radical (unpaired) electrons. The molecule has 2 aromatic rings. The highest BCUT2D eigenvalue weighted by Crippen LogP contribution is 2.24. The van der Waals surface area contributed by atoms with E-state index in [0.717, 1.165) is 21.2 Å². The molecule has 0 saturated carbocycles. The van der Waals surface area contributed by atoms with Crippen molar-refractivity contribution >= 4 is 33.1 Å². The Morgan fingerprint density at radius 1 is 1.18 bits per heavy atom. The molecule has 0 bridgehead atoms. The highest BCUT2D eigenvalue weighted by molar-refractivity contribution is 9.10. The van der Waals surface area contributed by atoms with Gasteiger partial charge >= 0.3 is 0 Å². The number of hydrogen-bond donors (Lipinski definition) is 0. The number of hydrogen-bond acceptors (Lipinski definition) is 1. The highest BCUT2D eigenvalue weighted by Gasteiger charge is 2.04. The van der Waals surface area contributed by atoms with Crippen LogP contribution in [0.25, 0.3) is 5.57 Å². The zero-order chi connectivity index (χ0) is 12.1. The lowest BCUT2D eigenvalue weighted by Gasteiger charge is -2.07. The molecule has 0 aliphatic rings. The van der Waals surface area contributed by atoms with Gasteiger partial charge in [0, 0.05) is 28.3 Å². The molecule has 0 fully saturated rings. The molecule has 3 heteroatoms. The predicted molar refractivity (Wildman–Crippen MR) is 76.2 cm³/mol. The van der Waals surface area contributed by atoms with Gasteiger partial charge in [-0.05, 0) is 29.3 Å². The second kappa shape index (κ2) is 5.99.